The average Bonchev–Trinajstić information content (AvgIpc) is 2.05. The summed E-state index contributed by atoms with van der Waals surface area (Å²) < 4.78 is 0. The van der Waals surface area contributed by atoms with Crippen molar-refractivity contribution in [2.24, 2.45) is 5.73 Å². The van der Waals surface area contributed by atoms with Crippen LogP contribution in [0.2, 0.25) is 0 Å². The van der Waals surface area contributed by atoms with E-state index in [9.17, 15) is 4.79 Å². The van der Waals surface area contributed by atoms with Crippen molar-refractivity contribution in [2.75, 3.05) is 0 Å². The number of nitrogens with zero attached hydrogens (tertiary/aromatic N) is 1. The third-order valence-electron chi connectivity index (χ3n) is 1.34. The average molecular weight is 163 g/mol. The van der Waals surface area contributed by atoms with Crippen LogP contribution in [0.4, 0.5) is 0 Å². The van der Waals surface area contributed by atoms with Gasteiger partial charge in [0.05, 0.1) is 6.17 Å². The molecular formula is C9H11N2O. The van der Waals surface area contributed by atoms with E-state index in [1.54, 1.807) is 31.2 Å². The van der Waals surface area contributed by atoms with E-state index >= 15 is 0 Å². The molecule has 1 rings (SSSR count). The van der Waals surface area contributed by atoms with Crippen molar-refractivity contribution in [2.45, 2.75) is 13.1 Å². The molecule has 3 nitrogen and oxygen atoms in total. The van der Waals surface area contributed by atoms with E-state index in [2.05, 4.69) is 5.32 Å². The van der Waals surface area contributed by atoms with Crippen LogP contribution in [0, 0.1) is 0 Å². The number of carbonyl (C=O) groups excluding carboxylic acids is 1. The minimum atomic E-state index is -0.433. The zero-order valence-electron chi connectivity index (χ0n) is 6.90. The molecule has 1 amide bonds. The smallest absolute Gasteiger partial charge is 0.274 e. The maximum Gasteiger partial charge on any atom is 0.274 e. The summed E-state index contributed by atoms with van der Waals surface area (Å²) in [5.41, 5.74) is 5.92. The predicted octanol–water partition coefficient (Wildman–Crippen LogP) is 0.736. The van der Waals surface area contributed by atoms with Gasteiger partial charge in [-0.1, -0.05) is 18.2 Å². The van der Waals surface area contributed by atoms with Crippen LogP contribution in [0.25, 0.3) is 0 Å². The van der Waals surface area contributed by atoms with E-state index in [0.717, 1.165) is 0 Å². The first-order valence-corrected chi connectivity index (χ1v) is 3.76. The second-order valence-corrected chi connectivity index (χ2v) is 2.54. The zero-order valence-corrected chi connectivity index (χ0v) is 6.90. The summed E-state index contributed by atoms with van der Waals surface area (Å²) in [5.74, 6) is -0.259. The van der Waals surface area contributed by atoms with E-state index < -0.39 is 6.17 Å². The first-order chi connectivity index (χ1) is 5.70. The van der Waals surface area contributed by atoms with E-state index in [4.69, 9.17) is 5.73 Å². The molecule has 0 aromatic heterocycles. The van der Waals surface area contributed by atoms with Crippen LogP contribution in [-0.2, 0) is 0 Å². The fourth-order valence-corrected chi connectivity index (χ4v) is 0.840. The Kier molecular flexibility index (Phi) is 2.82. The van der Waals surface area contributed by atoms with Gasteiger partial charge in [0, 0.05) is 5.56 Å². The number of hydrogen-bond donors (Lipinski definition) is 1. The lowest BCUT2D eigenvalue weighted by Gasteiger charge is -2.03. The molecule has 3 heteroatoms. The highest BCUT2D eigenvalue weighted by Crippen LogP contribution is 1.98. The monoisotopic (exact) mass is 163 g/mol. The van der Waals surface area contributed by atoms with Gasteiger partial charge in [0.15, 0.2) is 0 Å². The number of hydrogen-bond acceptors (Lipinski definition) is 2. The highest BCUT2D eigenvalue weighted by molar-refractivity contribution is 5.93. The lowest BCUT2D eigenvalue weighted by atomic mass is 10.2. The minimum Gasteiger partial charge on any atom is -0.310 e. The largest absolute Gasteiger partial charge is 0.310 e. The second kappa shape index (κ2) is 3.88. The fraction of sp³-hybridized carbons (Fsp3) is 0.222. The summed E-state index contributed by atoms with van der Waals surface area (Å²) in [6.45, 7) is 1.67. The Balaban J connectivity index is 2.66. The maximum absolute atomic E-state index is 11.2. The molecule has 1 aromatic rings. The topological polar surface area (TPSA) is 57.2 Å². The molecule has 0 spiro atoms. The summed E-state index contributed by atoms with van der Waals surface area (Å²) in [7, 11) is 0. The first-order valence-electron chi connectivity index (χ1n) is 3.76. The molecule has 0 aliphatic rings. The molecule has 2 N–H and O–H groups in total. The van der Waals surface area contributed by atoms with Crippen molar-refractivity contribution < 1.29 is 4.79 Å². The lowest BCUT2D eigenvalue weighted by molar-refractivity contribution is 0.0936. The van der Waals surface area contributed by atoms with Crippen LogP contribution in [0.5, 0.6) is 0 Å². The predicted molar refractivity (Wildman–Crippen MR) is 46.6 cm³/mol. The summed E-state index contributed by atoms with van der Waals surface area (Å²) in [6.07, 6.45) is -0.433. The van der Waals surface area contributed by atoms with Crippen molar-refractivity contribution >= 4 is 5.91 Å². The lowest BCUT2D eigenvalue weighted by Crippen LogP contribution is -2.32. The third kappa shape index (κ3) is 2.36. The van der Waals surface area contributed by atoms with Gasteiger partial charge in [-0.3, -0.25) is 4.79 Å². The molecule has 1 atom stereocenters. The molecule has 0 heterocycles. The zero-order chi connectivity index (χ0) is 8.97. The molecule has 1 aromatic carbocycles. The van der Waals surface area contributed by atoms with E-state index in [0.29, 0.717) is 5.56 Å². The Labute approximate surface area is 71.6 Å². The van der Waals surface area contributed by atoms with E-state index in [1.807, 2.05) is 6.07 Å². The van der Waals surface area contributed by atoms with Crippen LogP contribution >= 0.6 is 0 Å². The third-order valence-corrected chi connectivity index (χ3v) is 1.34. The van der Waals surface area contributed by atoms with Gasteiger partial charge >= 0.3 is 0 Å². The number of benzene rings is 1. The molecule has 0 fully saturated rings. The molecule has 0 saturated carbocycles. The Bertz CT molecular complexity index is 256. The van der Waals surface area contributed by atoms with Gasteiger partial charge in [-0.05, 0) is 19.1 Å². The maximum atomic E-state index is 11.2. The number of amides is 1. The van der Waals surface area contributed by atoms with E-state index in [-0.39, 0.29) is 5.91 Å². The normalized spacial score (nSPS) is 12.2. The fourth-order valence-electron chi connectivity index (χ4n) is 0.840. The van der Waals surface area contributed by atoms with Crippen LogP contribution in [0.3, 0.4) is 0 Å². The molecule has 0 aliphatic heterocycles. The van der Waals surface area contributed by atoms with E-state index in [1.165, 1.54) is 0 Å². The number of rotatable bonds is 2. The van der Waals surface area contributed by atoms with Crippen LogP contribution in [0.15, 0.2) is 30.3 Å². The molecule has 0 aliphatic carbocycles. The van der Waals surface area contributed by atoms with Crippen molar-refractivity contribution in [3.63, 3.8) is 0 Å². The van der Waals surface area contributed by atoms with Crippen LogP contribution < -0.4 is 11.1 Å². The standard InChI is InChI=1S/C9H11N2O/c1-7(10)11-9(12)8-5-3-2-4-6-8/h2-7H,10H2,1H3. The van der Waals surface area contributed by atoms with Gasteiger partial charge in [0.25, 0.3) is 5.91 Å². The summed E-state index contributed by atoms with van der Waals surface area (Å²) >= 11 is 0. The quantitative estimate of drug-likeness (QED) is 0.699. The van der Waals surface area contributed by atoms with Crippen molar-refractivity contribution in [3.05, 3.63) is 35.9 Å². The van der Waals surface area contributed by atoms with Gasteiger partial charge < -0.3 is 5.73 Å². The molecule has 1 unspecified atom stereocenters. The number of carbonyl (C=O) groups is 1. The Morgan fingerprint density at radius 1 is 1.42 bits per heavy atom. The SMILES string of the molecule is CC(N)[N]C(=O)c1ccccc1. The Morgan fingerprint density at radius 3 is 2.50 bits per heavy atom. The van der Waals surface area contributed by atoms with Crippen LogP contribution in [-0.4, -0.2) is 12.1 Å². The second-order valence-electron chi connectivity index (χ2n) is 2.54. The summed E-state index contributed by atoms with van der Waals surface area (Å²) in [6, 6.07) is 8.87. The van der Waals surface area contributed by atoms with Gasteiger partial charge in [0.2, 0.25) is 0 Å². The Morgan fingerprint density at radius 2 is 2.00 bits per heavy atom. The molecule has 63 valence electrons. The van der Waals surface area contributed by atoms with Gasteiger partial charge in [-0.25, -0.2) is 5.32 Å². The van der Waals surface area contributed by atoms with Gasteiger partial charge in [-0.15, -0.1) is 0 Å². The molecular weight excluding hydrogens is 152 g/mol. The summed E-state index contributed by atoms with van der Waals surface area (Å²) in [5, 5.41) is 3.69. The molecule has 0 saturated heterocycles. The van der Waals surface area contributed by atoms with Gasteiger partial charge in [-0.2, -0.15) is 0 Å². The summed E-state index contributed by atoms with van der Waals surface area (Å²) in [4.78, 5) is 11.2. The van der Waals surface area contributed by atoms with Crippen LogP contribution in [0.1, 0.15) is 17.3 Å². The highest BCUT2D eigenvalue weighted by Gasteiger charge is 2.06. The van der Waals surface area contributed by atoms with Crippen molar-refractivity contribution in [3.8, 4) is 0 Å². The molecule has 0 bridgehead atoms. The Hall–Kier alpha value is -1.35. The van der Waals surface area contributed by atoms with Crippen molar-refractivity contribution in [1.82, 2.24) is 5.32 Å². The van der Waals surface area contributed by atoms with Crippen molar-refractivity contribution in [1.29, 1.82) is 0 Å². The minimum absolute atomic E-state index is 0.259. The molecule has 1 radical (unpaired) electrons. The molecule has 12 heavy (non-hydrogen) atoms. The number of nitrogens with two attached hydrogens (primary N) is 1. The first kappa shape index (κ1) is 8.74. The van der Waals surface area contributed by atoms with Gasteiger partial charge in [0.1, 0.15) is 0 Å². The highest BCUT2D eigenvalue weighted by atomic mass is 16.1.